The molecule has 1 atom stereocenters. The van der Waals surface area contributed by atoms with E-state index in [9.17, 15) is 57.7 Å². The van der Waals surface area contributed by atoms with E-state index >= 15 is 0 Å². The molecule has 0 aromatic heterocycles. The Kier molecular flexibility index (Phi) is 9.64. The highest BCUT2D eigenvalue weighted by atomic mass is 32.2. The summed E-state index contributed by atoms with van der Waals surface area (Å²) in [7, 11) is -6.84. The van der Waals surface area contributed by atoms with Gasteiger partial charge in [0.1, 0.15) is 0 Å². The van der Waals surface area contributed by atoms with Crippen molar-refractivity contribution < 1.29 is 67.2 Å². The van der Waals surface area contributed by atoms with Crippen molar-refractivity contribution in [2.24, 2.45) is 0 Å². The van der Waals surface area contributed by atoms with Crippen molar-refractivity contribution in [3.05, 3.63) is 12.4 Å². The minimum absolute atomic E-state index is 0.406. The van der Waals surface area contributed by atoms with Gasteiger partial charge in [0.25, 0.3) is 0 Å². The van der Waals surface area contributed by atoms with Crippen molar-refractivity contribution in [1.82, 2.24) is 4.90 Å². The molecule has 0 radical (unpaired) electrons. The van der Waals surface area contributed by atoms with E-state index in [1.165, 1.54) is 13.8 Å². The van der Waals surface area contributed by atoms with Crippen LogP contribution in [0.5, 0.6) is 0 Å². The molecule has 8 nitrogen and oxygen atoms in total. The highest BCUT2D eigenvalue weighted by Gasteiger charge is 2.67. The maximum absolute atomic E-state index is 13.7. The molecule has 0 N–H and O–H groups in total. The Balaban J connectivity index is 5.94. The molecule has 17 heteroatoms. The van der Waals surface area contributed by atoms with E-state index in [4.69, 9.17) is 0 Å². The Hall–Kier alpha value is -2.01. The van der Waals surface area contributed by atoms with Crippen molar-refractivity contribution in [2.45, 2.75) is 49.8 Å². The maximum atomic E-state index is 13.7. The molecule has 32 heavy (non-hydrogen) atoms. The van der Waals surface area contributed by atoms with Crippen LogP contribution in [0.2, 0.25) is 0 Å². The van der Waals surface area contributed by atoms with Gasteiger partial charge >= 0.3 is 35.0 Å². The summed E-state index contributed by atoms with van der Waals surface area (Å²) < 4.78 is 146. The monoisotopic (exact) mass is 508 g/mol. The first-order chi connectivity index (χ1) is 14.2. The van der Waals surface area contributed by atoms with Crippen LogP contribution < -0.4 is 0 Å². The third kappa shape index (κ3) is 6.28. The average Bonchev–Trinajstić information content (AvgIpc) is 2.62. The van der Waals surface area contributed by atoms with Crippen LogP contribution in [0, 0.1) is 0 Å². The number of hydrogen-bond acceptors (Lipinski definition) is 7. The van der Waals surface area contributed by atoms with Crippen LogP contribution in [-0.2, 0) is 29.2 Å². The van der Waals surface area contributed by atoms with Gasteiger partial charge in [-0.15, -0.1) is 0 Å². The number of carbonyl (C=O) groups is 2. The number of nitrogens with zero attached hydrogens (tertiary/aromatic N) is 1. The normalized spacial score (nSPS) is 15.1. The summed E-state index contributed by atoms with van der Waals surface area (Å²) in [6.45, 7) is 2.34. The van der Waals surface area contributed by atoms with E-state index < -0.39 is 83.5 Å². The first-order valence-electron chi connectivity index (χ1n) is 8.50. The van der Waals surface area contributed by atoms with Crippen LogP contribution in [0.25, 0.3) is 0 Å². The molecule has 0 heterocycles. The summed E-state index contributed by atoms with van der Waals surface area (Å²) in [4.78, 5) is 24.2. The zero-order valence-electron chi connectivity index (χ0n) is 16.5. The van der Waals surface area contributed by atoms with E-state index in [2.05, 4.69) is 16.1 Å². The fourth-order valence-electron chi connectivity index (χ4n) is 2.14. The molecule has 0 saturated carbocycles. The van der Waals surface area contributed by atoms with Crippen molar-refractivity contribution in [3.63, 3.8) is 0 Å². The number of esters is 1. The standard InChI is InChI=1S/C15H19F8NO7S/c1-4-24(5-2)11(26)13(14(19,20)21,31-10(25)9(3)16)30-8-6-7-12(17,18)15(22,23)32(27,28)29/h3-8H2,1-2H3,(H,27,28,29)/p-1. The molecule has 1 unspecified atom stereocenters. The van der Waals surface area contributed by atoms with Crippen LogP contribution in [0.1, 0.15) is 26.7 Å². The molecule has 0 spiro atoms. The SMILES string of the molecule is C=C(F)C(=O)OC(OCCCC(F)(F)C(F)(F)S(=O)(=O)[O-])(C(=O)N(CC)CC)C(F)(F)F. The molecular weight excluding hydrogens is 490 g/mol. The number of likely N-dealkylation sites (N-methyl/N-ethyl adjacent to an activating group) is 1. The van der Waals surface area contributed by atoms with Crippen LogP contribution in [0.15, 0.2) is 12.4 Å². The van der Waals surface area contributed by atoms with Gasteiger partial charge in [0.05, 0.1) is 6.61 Å². The van der Waals surface area contributed by atoms with E-state index in [0.717, 1.165) is 0 Å². The minimum atomic E-state index is -6.84. The van der Waals surface area contributed by atoms with Crippen LogP contribution in [0.3, 0.4) is 0 Å². The summed E-state index contributed by atoms with van der Waals surface area (Å²) in [5.41, 5.74) is 0. The van der Waals surface area contributed by atoms with Crippen molar-refractivity contribution >= 4 is 22.0 Å². The number of carbonyl (C=O) groups excluding carboxylic acids is 2. The second-order valence-electron chi connectivity index (χ2n) is 6.01. The average molecular weight is 508 g/mol. The zero-order valence-corrected chi connectivity index (χ0v) is 17.3. The number of halogens is 8. The number of hydrogen-bond donors (Lipinski definition) is 0. The largest absolute Gasteiger partial charge is 0.743 e. The van der Waals surface area contributed by atoms with Gasteiger partial charge in [0.2, 0.25) is 5.83 Å². The van der Waals surface area contributed by atoms with Crippen molar-refractivity contribution in [3.8, 4) is 0 Å². The third-order valence-corrected chi connectivity index (χ3v) is 4.77. The molecule has 0 aromatic carbocycles. The lowest BCUT2D eigenvalue weighted by Gasteiger charge is -2.36. The van der Waals surface area contributed by atoms with Gasteiger partial charge in [-0.1, -0.05) is 6.58 Å². The number of amides is 1. The number of rotatable bonds is 12. The Morgan fingerprint density at radius 1 is 1.03 bits per heavy atom. The molecule has 0 saturated heterocycles. The molecule has 188 valence electrons. The summed E-state index contributed by atoms with van der Waals surface area (Å²) in [6, 6.07) is 0. The molecule has 0 aliphatic carbocycles. The predicted molar refractivity (Wildman–Crippen MR) is 87.8 cm³/mol. The molecule has 0 fully saturated rings. The fourth-order valence-corrected chi connectivity index (χ4v) is 2.61. The van der Waals surface area contributed by atoms with E-state index in [-0.39, 0.29) is 0 Å². The second kappa shape index (κ2) is 10.3. The van der Waals surface area contributed by atoms with Crippen molar-refractivity contribution in [1.29, 1.82) is 0 Å². The van der Waals surface area contributed by atoms with Gasteiger partial charge in [0.15, 0.2) is 10.1 Å². The lowest BCUT2D eigenvalue weighted by Crippen LogP contribution is -2.62. The first-order valence-corrected chi connectivity index (χ1v) is 9.91. The highest BCUT2D eigenvalue weighted by Crippen LogP contribution is 2.42. The highest BCUT2D eigenvalue weighted by molar-refractivity contribution is 7.86. The Bertz CT molecular complexity index is 811. The Morgan fingerprint density at radius 2 is 1.50 bits per heavy atom. The quantitative estimate of drug-likeness (QED) is 0.0995. The molecular formula is C15H18F8NO7S-. The lowest BCUT2D eigenvalue weighted by atomic mass is 10.1. The maximum Gasteiger partial charge on any atom is 0.466 e. The first kappa shape index (κ1) is 30.0. The smallest absolute Gasteiger partial charge is 0.466 e. The molecule has 0 aromatic rings. The lowest BCUT2D eigenvalue weighted by molar-refractivity contribution is -0.351. The van der Waals surface area contributed by atoms with Gasteiger partial charge in [-0.2, -0.15) is 35.1 Å². The van der Waals surface area contributed by atoms with Gasteiger partial charge in [-0.05, 0) is 20.3 Å². The summed E-state index contributed by atoms with van der Waals surface area (Å²) in [6.07, 6.45) is -9.57. The second-order valence-corrected chi connectivity index (χ2v) is 7.43. The van der Waals surface area contributed by atoms with Gasteiger partial charge in [-0.25, -0.2) is 13.2 Å². The van der Waals surface area contributed by atoms with Crippen LogP contribution >= 0.6 is 0 Å². The summed E-state index contributed by atoms with van der Waals surface area (Å²) in [5, 5.41) is -6.10. The van der Waals surface area contributed by atoms with Gasteiger partial charge < -0.3 is 18.9 Å². The molecule has 0 rings (SSSR count). The summed E-state index contributed by atoms with van der Waals surface area (Å²) >= 11 is 0. The molecule has 0 aliphatic rings. The zero-order chi connectivity index (χ0) is 25.8. The number of alkyl halides is 7. The van der Waals surface area contributed by atoms with Gasteiger partial charge in [-0.3, -0.25) is 4.79 Å². The topological polar surface area (TPSA) is 113 Å². The van der Waals surface area contributed by atoms with Crippen LogP contribution in [0.4, 0.5) is 35.1 Å². The van der Waals surface area contributed by atoms with Crippen LogP contribution in [-0.4, -0.2) is 72.6 Å². The number of ether oxygens (including phenoxy) is 2. The van der Waals surface area contributed by atoms with Crippen molar-refractivity contribution in [2.75, 3.05) is 19.7 Å². The summed E-state index contributed by atoms with van der Waals surface area (Å²) in [5.74, 6) is -16.7. The fraction of sp³-hybridized carbons (Fsp3) is 0.733. The minimum Gasteiger partial charge on any atom is -0.743 e. The molecule has 0 bridgehead atoms. The molecule has 0 aliphatic heterocycles. The predicted octanol–water partition coefficient (Wildman–Crippen LogP) is 2.71. The van der Waals surface area contributed by atoms with E-state index in [0.29, 0.717) is 4.90 Å². The Labute approximate surface area is 176 Å². The third-order valence-electron chi connectivity index (χ3n) is 3.84. The van der Waals surface area contributed by atoms with E-state index in [1.807, 2.05) is 0 Å². The van der Waals surface area contributed by atoms with E-state index in [1.54, 1.807) is 0 Å². The molecule has 1 amide bonds. The Morgan fingerprint density at radius 3 is 1.84 bits per heavy atom. The van der Waals surface area contributed by atoms with Gasteiger partial charge in [0, 0.05) is 19.5 Å².